The predicted molar refractivity (Wildman–Crippen MR) is 272 cm³/mol. The molecule has 0 saturated carbocycles. The lowest BCUT2D eigenvalue weighted by Crippen LogP contribution is -2.34. The molecule has 4 N–H and O–H groups in total. The summed E-state index contributed by atoms with van der Waals surface area (Å²) in [5.41, 5.74) is 5.34. The average Bonchev–Trinajstić information content (AvgIpc) is 3.30. The summed E-state index contributed by atoms with van der Waals surface area (Å²) in [4.78, 5) is 46.1. The Balaban J connectivity index is 4.36. The number of phosphoric acid groups is 1. The van der Waals surface area contributed by atoms with E-state index in [2.05, 4.69) is 97.4 Å². The highest BCUT2D eigenvalue weighted by Crippen LogP contribution is 2.43. The molecule has 0 amide bonds. The summed E-state index contributed by atoms with van der Waals surface area (Å²) in [6.07, 6.45) is 62.0. The van der Waals surface area contributed by atoms with Crippen molar-refractivity contribution in [3.05, 3.63) is 97.2 Å². The van der Waals surface area contributed by atoms with Crippen LogP contribution >= 0.6 is 7.82 Å². The molecule has 0 heterocycles. The van der Waals surface area contributed by atoms with Gasteiger partial charge in [-0.15, -0.1) is 0 Å². The minimum absolute atomic E-state index is 0.0308. The Morgan fingerprint density at radius 1 is 0.485 bits per heavy atom. The number of carbonyl (C=O) groups is 3. The minimum atomic E-state index is -4.75. The van der Waals surface area contributed by atoms with E-state index in [1.807, 2.05) is 18.2 Å². The number of allylic oxidation sites excluding steroid dienone is 16. The maximum Gasteiger partial charge on any atom is 0.472 e. The van der Waals surface area contributed by atoms with Crippen molar-refractivity contribution >= 4 is 25.7 Å². The molecule has 0 bridgehead atoms. The van der Waals surface area contributed by atoms with Crippen LogP contribution < -0.4 is 5.73 Å². The van der Waals surface area contributed by atoms with Gasteiger partial charge in [-0.05, 0) is 83.5 Å². The molecule has 0 rings (SSSR count). The fourth-order valence-electron chi connectivity index (χ4n) is 6.42. The van der Waals surface area contributed by atoms with Crippen LogP contribution in [0.4, 0.5) is 0 Å². The number of hydrogen-bond acceptors (Lipinski definition) is 9. The molecule has 11 nitrogen and oxygen atoms in total. The van der Waals surface area contributed by atoms with E-state index >= 15 is 0 Å². The van der Waals surface area contributed by atoms with Gasteiger partial charge in [-0.25, -0.2) is 4.57 Å². The molecule has 3 unspecified atom stereocenters. The van der Waals surface area contributed by atoms with E-state index < -0.39 is 51.1 Å². The molecule has 0 fully saturated rings. The van der Waals surface area contributed by atoms with Crippen molar-refractivity contribution in [3.63, 3.8) is 0 Å². The number of carboxylic acid groups (broad SMARTS) is 1. The van der Waals surface area contributed by atoms with Crippen molar-refractivity contribution < 1.29 is 47.5 Å². The van der Waals surface area contributed by atoms with Crippen LogP contribution in [0, 0.1) is 0 Å². The van der Waals surface area contributed by atoms with E-state index in [1.165, 1.54) is 89.9 Å². The topological polar surface area (TPSA) is 172 Å². The van der Waals surface area contributed by atoms with E-state index in [0.717, 1.165) is 57.8 Å². The number of esters is 2. The highest BCUT2D eigenvalue weighted by Gasteiger charge is 2.28. The molecule has 0 spiro atoms. The Labute approximate surface area is 400 Å². The molecule has 0 aromatic rings. The summed E-state index contributed by atoms with van der Waals surface area (Å²) in [5.74, 6) is -2.50. The maximum absolute atomic E-state index is 12.6. The molecule has 0 aliphatic rings. The first kappa shape index (κ1) is 62.4. The van der Waals surface area contributed by atoms with Gasteiger partial charge in [-0.3, -0.25) is 23.4 Å². The third kappa shape index (κ3) is 46.9. The number of ether oxygens (including phenoxy) is 2. The van der Waals surface area contributed by atoms with E-state index in [-0.39, 0.29) is 19.4 Å². The smallest absolute Gasteiger partial charge is 0.472 e. The highest BCUT2D eigenvalue weighted by atomic mass is 31.2. The van der Waals surface area contributed by atoms with Crippen LogP contribution in [0.25, 0.3) is 0 Å². The SMILES string of the molecule is CC/C=C\C/C=C\C/C=C\C/C=C\C/C=C\C/C=C\CCC(=O)OC(COC(=O)CCCCCCCCCCCCC/C=C\C/C=C\CCCCCCC)COP(=O)(O)OCC(N)C(=O)O. The van der Waals surface area contributed by atoms with Crippen molar-refractivity contribution in [1.29, 1.82) is 0 Å². The molecule has 376 valence electrons. The van der Waals surface area contributed by atoms with Gasteiger partial charge in [-0.2, -0.15) is 0 Å². The fraction of sp³-hybridized carbons (Fsp3) is 0.648. The largest absolute Gasteiger partial charge is 0.480 e. The zero-order valence-electron chi connectivity index (χ0n) is 41.0. The van der Waals surface area contributed by atoms with E-state index in [0.29, 0.717) is 19.3 Å². The van der Waals surface area contributed by atoms with Crippen molar-refractivity contribution in [3.8, 4) is 0 Å². The molecule has 0 radical (unpaired) electrons. The van der Waals surface area contributed by atoms with Gasteiger partial charge in [0.25, 0.3) is 0 Å². The first-order valence-corrected chi connectivity index (χ1v) is 26.8. The van der Waals surface area contributed by atoms with Gasteiger partial charge in [0.15, 0.2) is 6.10 Å². The number of carboxylic acids is 1. The van der Waals surface area contributed by atoms with Gasteiger partial charge in [0.1, 0.15) is 12.6 Å². The lowest BCUT2D eigenvalue weighted by Gasteiger charge is -2.20. The van der Waals surface area contributed by atoms with Gasteiger partial charge in [0, 0.05) is 12.8 Å². The summed E-state index contributed by atoms with van der Waals surface area (Å²) < 4.78 is 32.7. The zero-order valence-corrected chi connectivity index (χ0v) is 41.9. The Kier molecular flexibility index (Phi) is 45.3. The van der Waals surface area contributed by atoms with E-state index in [1.54, 1.807) is 0 Å². The molecular formula is C54H90NO10P. The number of nitrogens with two attached hydrogens (primary N) is 1. The molecule has 0 aromatic carbocycles. The predicted octanol–water partition coefficient (Wildman–Crippen LogP) is 14.4. The number of unbranched alkanes of at least 4 members (excludes halogenated alkanes) is 16. The number of rotatable bonds is 46. The average molecular weight is 944 g/mol. The first-order chi connectivity index (χ1) is 32.1. The van der Waals surface area contributed by atoms with Crippen LogP contribution in [0.3, 0.4) is 0 Å². The van der Waals surface area contributed by atoms with Gasteiger partial charge < -0.3 is 25.2 Å². The Morgan fingerprint density at radius 3 is 1.33 bits per heavy atom. The Hall–Kier alpha value is -3.60. The summed E-state index contributed by atoms with van der Waals surface area (Å²) in [6.45, 7) is 2.61. The molecule has 66 heavy (non-hydrogen) atoms. The van der Waals surface area contributed by atoms with Gasteiger partial charge in [0.2, 0.25) is 0 Å². The quantitative estimate of drug-likeness (QED) is 0.0229. The van der Waals surface area contributed by atoms with Gasteiger partial charge >= 0.3 is 25.7 Å². The molecule has 3 atom stereocenters. The second-order valence-electron chi connectivity index (χ2n) is 16.6. The van der Waals surface area contributed by atoms with E-state index in [4.69, 9.17) is 24.8 Å². The van der Waals surface area contributed by atoms with E-state index in [9.17, 15) is 23.8 Å². The molecular weight excluding hydrogens is 854 g/mol. The normalized spacial score (nSPS) is 14.4. The van der Waals surface area contributed by atoms with Crippen molar-refractivity contribution in [1.82, 2.24) is 0 Å². The molecule has 0 saturated heterocycles. The zero-order chi connectivity index (χ0) is 48.4. The Bertz CT molecular complexity index is 1480. The van der Waals surface area contributed by atoms with Crippen LogP contribution in [0.5, 0.6) is 0 Å². The summed E-state index contributed by atoms with van der Waals surface area (Å²) >= 11 is 0. The molecule has 12 heteroatoms. The number of hydrogen-bond donors (Lipinski definition) is 3. The highest BCUT2D eigenvalue weighted by molar-refractivity contribution is 7.47. The molecule has 0 aromatic heterocycles. The second kappa shape index (κ2) is 47.9. The van der Waals surface area contributed by atoms with Crippen LogP contribution in [0.15, 0.2) is 97.2 Å². The summed E-state index contributed by atoms with van der Waals surface area (Å²) in [6, 6.07) is -1.54. The summed E-state index contributed by atoms with van der Waals surface area (Å²) in [5, 5.41) is 8.92. The molecule has 0 aliphatic heterocycles. The molecule has 0 aliphatic carbocycles. The Morgan fingerprint density at radius 2 is 0.879 bits per heavy atom. The lowest BCUT2D eigenvalue weighted by atomic mass is 10.0. The lowest BCUT2D eigenvalue weighted by molar-refractivity contribution is -0.161. The standard InChI is InChI=1S/C54H90NO10P/c1-3-5-7-9-11-13-15-17-19-21-23-24-25-26-28-29-31-33-35-37-39-41-43-45-52(56)62-47-50(48-63-66(60,61)64-49-51(55)54(58)59)65-53(57)46-44-42-40-38-36-34-32-30-27-22-20-18-16-14-12-10-8-6-4-2/h6,8,12,14-15,17-18,20-21,23,27,30,34,36,40,42,50-51H,3-5,7,9-11,13,16,19,22,24-26,28-29,31-33,35,37-39,41,43-49,55H2,1-2H3,(H,58,59)(H,60,61)/b8-6-,14-12-,17-15-,20-18-,23-21-,30-27-,36-34-,42-40-. The number of carbonyl (C=O) groups excluding carboxylic acids is 2. The second-order valence-corrected chi connectivity index (χ2v) is 18.0. The fourth-order valence-corrected chi connectivity index (χ4v) is 7.19. The van der Waals surface area contributed by atoms with Crippen molar-refractivity contribution in [2.75, 3.05) is 19.8 Å². The van der Waals surface area contributed by atoms with Crippen LogP contribution in [0.2, 0.25) is 0 Å². The van der Waals surface area contributed by atoms with Gasteiger partial charge in [-0.1, -0.05) is 195 Å². The monoisotopic (exact) mass is 944 g/mol. The van der Waals surface area contributed by atoms with Crippen molar-refractivity contribution in [2.24, 2.45) is 5.73 Å². The van der Waals surface area contributed by atoms with Crippen LogP contribution in [-0.4, -0.2) is 59.9 Å². The number of aliphatic carboxylic acids is 1. The summed E-state index contributed by atoms with van der Waals surface area (Å²) in [7, 11) is -4.75. The van der Waals surface area contributed by atoms with Crippen LogP contribution in [0.1, 0.15) is 194 Å². The maximum atomic E-state index is 12.6. The third-order valence-corrected chi connectivity index (χ3v) is 11.3. The number of phosphoric ester groups is 1. The van der Waals surface area contributed by atoms with Gasteiger partial charge in [0.05, 0.1) is 13.2 Å². The van der Waals surface area contributed by atoms with Crippen molar-refractivity contribution in [2.45, 2.75) is 206 Å². The minimum Gasteiger partial charge on any atom is -0.480 e. The third-order valence-electron chi connectivity index (χ3n) is 10.3. The van der Waals surface area contributed by atoms with Crippen LogP contribution in [-0.2, 0) is 37.5 Å². The first-order valence-electron chi connectivity index (χ1n) is 25.3.